The molecule has 1 amide bonds. The third kappa shape index (κ3) is 6.96. The monoisotopic (exact) mass is 386 g/mol. The van der Waals surface area contributed by atoms with E-state index in [9.17, 15) is 13.2 Å². The highest BCUT2D eigenvalue weighted by Gasteiger charge is 2.26. The second kappa shape index (κ2) is 9.55. The summed E-state index contributed by atoms with van der Waals surface area (Å²) in [6, 6.07) is 7.20. The summed E-state index contributed by atoms with van der Waals surface area (Å²) in [4.78, 5) is 12.0. The van der Waals surface area contributed by atoms with Crippen LogP contribution in [-0.2, 0) is 21.2 Å². The van der Waals surface area contributed by atoms with E-state index >= 15 is 0 Å². The lowest BCUT2D eigenvalue weighted by molar-refractivity contribution is -0.120. The molecule has 25 heavy (non-hydrogen) atoms. The van der Waals surface area contributed by atoms with E-state index in [4.69, 9.17) is 11.6 Å². The topological polar surface area (TPSA) is 66.5 Å². The van der Waals surface area contributed by atoms with Gasteiger partial charge in [0.15, 0.2) is 0 Å². The number of halogens is 1. The van der Waals surface area contributed by atoms with Gasteiger partial charge in [0.2, 0.25) is 15.9 Å². The summed E-state index contributed by atoms with van der Waals surface area (Å²) in [5, 5.41) is 3.46. The molecule has 0 aromatic heterocycles. The predicted octanol–water partition coefficient (Wildman–Crippen LogP) is 2.98. The van der Waals surface area contributed by atoms with E-state index in [2.05, 4.69) is 5.32 Å². The van der Waals surface area contributed by atoms with Crippen LogP contribution >= 0.6 is 11.6 Å². The summed E-state index contributed by atoms with van der Waals surface area (Å²) in [5.74, 6) is -0.114. The maximum atomic E-state index is 12.1. The molecular formula is C18H27ClN2O3S. The number of amides is 1. The Labute approximate surface area is 155 Å². The van der Waals surface area contributed by atoms with Crippen LogP contribution in [0, 0.1) is 0 Å². The van der Waals surface area contributed by atoms with Gasteiger partial charge in [-0.1, -0.05) is 49.4 Å². The van der Waals surface area contributed by atoms with Gasteiger partial charge < -0.3 is 5.32 Å². The molecule has 0 spiro atoms. The summed E-state index contributed by atoms with van der Waals surface area (Å²) in [7, 11) is -3.27. The molecule has 2 rings (SSSR count). The van der Waals surface area contributed by atoms with Crippen LogP contribution in [0.3, 0.4) is 0 Å². The van der Waals surface area contributed by atoms with Crippen molar-refractivity contribution < 1.29 is 13.2 Å². The highest BCUT2D eigenvalue weighted by molar-refractivity contribution is 7.88. The van der Waals surface area contributed by atoms with E-state index in [-0.39, 0.29) is 18.4 Å². The molecule has 1 aliphatic rings. The van der Waals surface area contributed by atoms with Crippen molar-refractivity contribution in [1.82, 2.24) is 9.62 Å². The molecule has 0 radical (unpaired) electrons. The van der Waals surface area contributed by atoms with Gasteiger partial charge in [0.05, 0.1) is 12.7 Å². The molecule has 1 aromatic carbocycles. The number of hydrogen-bond acceptors (Lipinski definition) is 3. The Morgan fingerprint density at radius 1 is 1.16 bits per heavy atom. The first-order chi connectivity index (χ1) is 11.9. The van der Waals surface area contributed by atoms with Crippen LogP contribution in [0.4, 0.5) is 0 Å². The number of hydrogen-bond donors (Lipinski definition) is 1. The van der Waals surface area contributed by atoms with Gasteiger partial charge in [0, 0.05) is 24.2 Å². The van der Waals surface area contributed by atoms with Crippen LogP contribution in [0.5, 0.6) is 0 Å². The maximum Gasteiger partial charge on any atom is 0.224 e. The van der Waals surface area contributed by atoms with Crippen molar-refractivity contribution in [3.05, 3.63) is 34.9 Å². The van der Waals surface area contributed by atoms with Crippen molar-refractivity contribution in [2.45, 2.75) is 51.0 Å². The minimum Gasteiger partial charge on any atom is -0.354 e. The molecule has 5 nitrogen and oxygen atoms in total. The van der Waals surface area contributed by atoms with Crippen LogP contribution < -0.4 is 5.32 Å². The quantitative estimate of drug-likeness (QED) is 0.732. The lowest BCUT2D eigenvalue weighted by Crippen LogP contribution is -2.44. The Kier molecular flexibility index (Phi) is 7.72. The lowest BCUT2D eigenvalue weighted by Gasteiger charge is -2.29. The van der Waals surface area contributed by atoms with Gasteiger partial charge in [0.1, 0.15) is 0 Å². The molecule has 0 heterocycles. The van der Waals surface area contributed by atoms with Crippen molar-refractivity contribution in [2.24, 2.45) is 0 Å². The summed E-state index contributed by atoms with van der Waals surface area (Å²) in [6.45, 7) is 0.659. The number of rotatable bonds is 7. The molecule has 1 aromatic rings. The fourth-order valence-electron chi connectivity index (χ4n) is 3.32. The number of sulfonamides is 1. The van der Waals surface area contributed by atoms with Gasteiger partial charge >= 0.3 is 0 Å². The molecular weight excluding hydrogens is 360 g/mol. The van der Waals surface area contributed by atoms with Crippen molar-refractivity contribution in [1.29, 1.82) is 0 Å². The zero-order valence-electron chi connectivity index (χ0n) is 14.7. The molecule has 1 N–H and O–H groups in total. The van der Waals surface area contributed by atoms with E-state index in [1.165, 1.54) is 19.1 Å². The Bertz CT molecular complexity index is 653. The summed E-state index contributed by atoms with van der Waals surface area (Å²) >= 11 is 5.83. The molecule has 1 saturated carbocycles. The SMILES string of the molecule is CS(=O)(=O)N(CCNC(=O)Cc1ccc(Cl)cc1)C1CCCCCC1. The largest absolute Gasteiger partial charge is 0.354 e. The highest BCUT2D eigenvalue weighted by Crippen LogP contribution is 2.23. The minimum atomic E-state index is -3.27. The van der Waals surface area contributed by atoms with E-state index in [1.807, 2.05) is 12.1 Å². The fourth-order valence-corrected chi connectivity index (χ4v) is 4.62. The molecule has 1 fully saturated rings. The van der Waals surface area contributed by atoms with E-state index < -0.39 is 10.0 Å². The molecule has 0 atom stereocenters. The number of nitrogens with one attached hydrogen (secondary N) is 1. The predicted molar refractivity (Wildman–Crippen MR) is 101 cm³/mol. The second-order valence-corrected chi connectivity index (χ2v) is 9.04. The summed E-state index contributed by atoms with van der Waals surface area (Å²) < 4.78 is 25.9. The Hall–Kier alpha value is -1.11. The maximum absolute atomic E-state index is 12.1. The smallest absolute Gasteiger partial charge is 0.224 e. The van der Waals surface area contributed by atoms with Crippen molar-refractivity contribution in [3.8, 4) is 0 Å². The average molecular weight is 387 g/mol. The van der Waals surface area contributed by atoms with Gasteiger partial charge in [-0.15, -0.1) is 0 Å². The Morgan fingerprint density at radius 2 is 1.76 bits per heavy atom. The zero-order valence-corrected chi connectivity index (χ0v) is 16.3. The van der Waals surface area contributed by atoms with Gasteiger partial charge in [-0.3, -0.25) is 4.79 Å². The van der Waals surface area contributed by atoms with Gasteiger partial charge in [-0.25, -0.2) is 8.42 Å². The van der Waals surface area contributed by atoms with Crippen LogP contribution in [0.1, 0.15) is 44.1 Å². The lowest BCUT2D eigenvalue weighted by atomic mass is 10.1. The minimum absolute atomic E-state index is 0.0608. The van der Waals surface area contributed by atoms with Crippen LogP contribution in [0.15, 0.2) is 24.3 Å². The third-order valence-electron chi connectivity index (χ3n) is 4.59. The molecule has 0 aliphatic heterocycles. The molecule has 0 saturated heterocycles. The zero-order chi connectivity index (χ0) is 18.3. The fraction of sp³-hybridized carbons (Fsp3) is 0.611. The van der Waals surface area contributed by atoms with Crippen molar-refractivity contribution in [3.63, 3.8) is 0 Å². The normalized spacial score (nSPS) is 16.6. The van der Waals surface area contributed by atoms with Crippen LogP contribution in [0.25, 0.3) is 0 Å². The first-order valence-corrected chi connectivity index (χ1v) is 11.1. The molecule has 0 bridgehead atoms. The number of nitrogens with zero attached hydrogens (tertiary/aromatic N) is 1. The summed E-state index contributed by atoms with van der Waals surface area (Å²) in [5.41, 5.74) is 0.880. The van der Waals surface area contributed by atoms with Crippen LogP contribution in [-0.4, -0.2) is 44.0 Å². The Morgan fingerprint density at radius 3 is 2.32 bits per heavy atom. The van der Waals surface area contributed by atoms with Gasteiger partial charge in [-0.05, 0) is 30.5 Å². The number of carbonyl (C=O) groups excluding carboxylic acids is 1. The van der Waals surface area contributed by atoms with Gasteiger partial charge in [-0.2, -0.15) is 4.31 Å². The third-order valence-corrected chi connectivity index (χ3v) is 6.17. The first kappa shape index (κ1) is 20.2. The molecule has 0 unspecified atom stereocenters. The standard InChI is InChI=1S/C18H27ClN2O3S/c1-25(23,24)21(17-6-4-2-3-5-7-17)13-12-20-18(22)14-15-8-10-16(19)11-9-15/h8-11,17H,2-7,12-14H2,1H3,(H,20,22). The molecule has 140 valence electrons. The highest BCUT2D eigenvalue weighted by atomic mass is 35.5. The van der Waals surface area contributed by atoms with E-state index in [0.717, 1.165) is 31.2 Å². The van der Waals surface area contributed by atoms with Gasteiger partial charge in [0.25, 0.3) is 0 Å². The first-order valence-electron chi connectivity index (χ1n) is 8.84. The summed E-state index contributed by atoms with van der Waals surface area (Å²) in [6.07, 6.45) is 7.82. The molecule has 1 aliphatic carbocycles. The average Bonchev–Trinajstić information content (AvgIpc) is 2.81. The van der Waals surface area contributed by atoms with E-state index in [0.29, 0.717) is 18.1 Å². The number of benzene rings is 1. The molecule has 7 heteroatoms. The van der Waals surface area contributed by atoms with Crippen LogP contribution in [0.2, 0.25) is 5.02 Å². The van der Waals surface area contributed by atoms with Crippen molar-refractivity contribution >= 4 is 27.5 Å². The second-order valence-electron chi connectivity index (χ2n) is 6.67. The Balaban J connectivity index is 1.85. The van der Waals surface area contributed by atoms with E-state index in [1.54, 1.807) is 16.4 Å². The number of carbonyl (C=O) groups is 1. The van der Waals surface area contributed by atoms with Crippen molar-refractivity contribution in [2.75, 3.05) is 19.3 Å².